The number of rotatable bonds is 3. The smallest absolute Gasteiger partial charge is 0.0947 e. The van der Waals surface area contributed by atoms with E-state index in [1.165, 1.54) is 16.7 Å². The van der Waals surface area contributed by atoms with Crippen molar-refractivity contribution >= 4 is 11.3 Å². The predicted molar refractivity (Wildman–Crippen MR) is 87.4 cm³/mol. The topological polar surface area (TPSA) is 38.9 Å². The van der Waals surface area contributed by atoms with Gasteiger partial charge in [-0.1, -0.05) is 44.5 Å². The zero-order valence-corrected chi connectivity index (χ0v) is 13.8. The van der Waals surface area contributed by atoms with Crippen LogP contribution in [0.25, 0.3) is 0 Å². The Kier molecular flexibility index (Phi) is 4.31. The van der Waals surface area contributed by atoms with Gasteiger partial charge in [-0.25, -0.2) is 4.98 Å². The first-order valence-electron chi connectivity index (χ1n) is 7.05. The molecule has 1 atom stereocenters. The number of nitrogens with zero attached hydrogens (tertiary/aromatic N) is 1. The molecule has 0 aliphatic rings. The summed E-state index contributed by atoms with van der Waals surface area (Å²) < 4.78 is 0. The van der Waals surface area contributed by atoms with Gasteiger partial charge in [-0.3, -0.25) is 0 Å². The van der Waals surface area contributed by atoms with Crippen LogP contribution in [0.2, 0.25) is 0 Å². The van der Waals surface area contributed by atoms with Crippen LogP contribution < -0.4 is 5.73 Å². The number of aromatic nitrogens is 1. The Balaban J connectivity index is 2.15. The van der Waals surface area contributed by atoms with Gasteiger partial charge < -0.3 is 5.73 Å². The Hall–Kier alpha value is -1.19. The van der Waals surface area contributed by atoms with Crippen molar-refractivity contribution < 1.29 is 0 Å². The predicted octanol–water partition coefficient (Wildman–Crippen LogP) is 4.30. The first-order chi connectivity index (χ1) is 9.27. The van der Waals surface area contributed by atoms with Gasteiger partial charge in [0.2, 0.25) is 0 Å². The van der Waals surface area contributed by atoms with Crippen molar-refractivity contribution in [3.63, 3.8) is 0 Å². The third-order valence-electron chi connectivity index (χ3n) is 3.54. The summed E-state index contributed by atoms with van der Waals surface area (Å²) in [6.07, 6.45) is 0.810. The van der Waals surface area contributed by atoms with Crippen LogP contribution in [-0.2, 0) is 11.8 Å². The Morgan fingerprint density at radius 2 is 1.95 bits per heavy atom. The van der Waals surface area contributed by atoms with Gasteiger partial charge in [0.05, 0.1) is 10.7 Å². The molecular formula is C17H24N2S. The van der Waals surface area contributed by atoms with Crippen LogP contribution in [0.1, 0.15) is 54.2 Å². The van der Waals surface area contributed by atoms with E-state index in [1.54, 1.807) is 11.3 Å². The van der Waals surface area contributed by atoms with Crippen LogP contribution in [0, 0.1) is 13.8 Å². The van der Waals surface area contributed by atoms with Crippen LogP contribution in [0.3, 0.4) is 0 Å². The molecule has 0 fully saturated rings. The molecule has 0 spiro atoms. The lowest BCUT2D eigenvalue weighted by Crippen LogP contribution is -2.16. The zero-order chi connectivity index (χ0) is 14.9. The van der Waals surface area contributed by atoms with Crippen molar-refractivity contribution in [1.82, 2.24) is 4.98 Å². The summed E-state index contributed by atoms with van der Waals surface area (Å²) in [7, 11) is 0. The molecule has 1 aromatic heterocycles. The van der Waals surface area contributed by atoms with Gasteiger partial charge >= 0.3 is 0 Å². The molecule has 2 nitrogen and oxygen atoms in total. The summed E-state index contributed by atoms with van der Waals surface area (Å²) in [6.45, 7) is 10.8. The first-order valence-corrected chi connectivity index (χ1v) is 7.93. The van der Waals surface area contributed by atoms with Crippen LogP contribution in [0.15, 0.2) is 23.6 Å². The Labute approximate surface area is 126 Å². The molecule has 0 aliphatic heterocycles. The van der Waals surface area contributed by atoms with E-state index in [1.807, 2.05) is 0 Å². The van der Waals surface area contributed by atoms with Crippen molar-refractivity contribution in [3.8, 4) is 0 Å². The lowest BCUT2D eigenvalue weighted by Gasteiger charge is -2.15. The number of hydrogen-bond donors (Lipinski definition) is 1. The fourth-order valence-electron chi connectivity index (χ4n) is 2.29. The standard InChI is InChI=1S/C17H24N2S/c1-11-6-7-13(12(2)8-11)14(18)9-16-19-15(10-20-16)17(3,4)5/h6-8,10,14H,9,18H2,1-5H3. The third kappa shape index (κ3) is 3.47. The largest absolute Gasteiger partial charge is 0.324 e. The van der Waals surface area contributed by atoms with Crippen molar-refractivity contribution in [2.24, 2.45) is 5.73 Å². The molecule has 0 bridgehead atoms. The summed E-state index contributed by atoms with van der Waals surface area (Å²) in [6, 6.07) is 6.49. The maximum absolute atomic E-state index is 6.36. The van der Waals surface area contributed by atoms with E-state index in [4.69, 9.17) is 10.7 Å². The summed E-state index contributed by atoms with van der Waals surface area (Å²) in [4.78, 5) is 4.73. The summed E-state index contributed by atoms with van der Waals surface area (Å²) >= 11 is 1.72. The van der Waals surface area contributed by atoms with Crippen LogP contribution in [-0.4, -0.2) is 4.98 Å². The van der Waals surface area contributed by atoms with E-state index < -0.39 is 0 Å². The van der Waals surface area contributed by atoms with E-state index in [9.17, 15) is 0 Å². The lowest BCUT2D eigenvalue weighted by atomic mass is 9.93. The molecule has 1 heterocycles. The van der Waals surface area contributed by atoms with E-state index in [0.717, 1.165) is 17.1 Å². The van der Waals surface area contributed by atoms with Crippen molar-refractivity contribution in [1.29, 1.82) is 0 Å². The SMILES string of the molecule is Cc1ccc(C(N)Cc2nc(C(C)(C)C)cs2)c(C)c1. The van der Waals surface area contributed by atoms with E-state index in [2.05, 4.69) is 58.2 Å². The fourth-order valence-corrected chi connectivity index (χ4v) is 3.37. The van der Waals surface area contributed by atoms with Gasteiger partial charge in [0.1, 0.15) is 0 Å². The van der Waals surface area contributed by atoms with E-state index >= 15 is 0 Å². The molecule has 0 saturated carbocycles. The molecule has 2 aromatic rings. The first kappa shape index (κ1) is 15.2. The highest BCUT2D eigenvalue weighted by Gasteiger charge is 2.19. The zero-order valence-electron chi connectivity index (χ0n) is 13.0. The monoisotopic (exact) mass is 288 g/mol. The molecule has 1 unspecified atom stereocenters. The molecule has 0 aliphatic carbocycles. The third-order valence-corrected chi connectivity index (χ3v) is 4.41. The maximum Gasteiger partial charge on any atom is 0.0947 e. The Morgan fingerprint density at radius 1 is 1.25 bits per heavy atom. The average Bonchev–Trinajstić information content (AvgIpc) is 2.76. The van der Waals surface area contributed by atoms with Crippen molar-refractivity contribution in [2.45, 2.75) is 52.5 Å². The number of benzene rings is 1. The van der Waals surface area contributed by atoms with Gasteiger partial charge in [0.15, 0.2) is 0 Å². The summed E-state index contributed by atoms with van der Waals surface area (Å²) in [5.74, 6) is 0. The normalized spacial score (nSPS) is 13.5. The molecule has 3 heteroatoms. The van der Waals surface area contributed by atoms with E-state index in [-0.39, 0.29) is 11.5 Å². The molecular weight excluding hydrogens is 264 g/mol. The van der Waals surface area contributed by atoms with E-state index in [0.29, 0.717) is 0 Å². The molecule has 0 radical (unpaired) electrons. The van der Waals surface area contributed by atoms with Gasteiger partial charge in [0, 0.05) is 23.3 Å². The minimum Gasteiger partial charge on any atom is -0.324 e. The molecule has 2 rings (SSSR count). The van der Waals surface area contributed by atoms with Crippen LogP contribution in [0.4, 0.5) is 0 Å². The van der Waals surface area contributed by atoms with Crippen LogP contribution in [0.5, 0.6) is 0 Å². The highest BCUT2D eigenvalue weighted by atomic mass is 32.1. The highest BCUT2D eigenvalue weighted by molar-refractivity contribution is 7.09. The Morgan fingerprint density at radius 3 is 2.50 bits per heavy atom. The number of nitrogens with two attached hydrogens (primary N) is 1. The van der Waals surface area contributed by atoms with Crippen molar-refractivity contribution in [3.05, 3.63) is 51.0 Å². The van der Waals surface area contributed by atoms with Gasteiger partial charge in [-0.2, -0.15) is 0 Å². The second-order valence-corrected chi connectivity index (χ2v) is 7.49. The average molecular weight is 288 g/mol. The van der Waals surface area contributed by atoms with Crippen molar-refractivity contribution in [2.75, 3.05) is 0 Å². The molecule has 20 heavy (non-hydrogen) atoms. The molecule has 0 amide bonds. The number of thiazole rings is 1. The van der Waals surface area contributed by atoms with Gasteiger partial charge in [-0.15, -0.1) is 11.3 Å². The molecule has 0 saturated heterocycles. The molecule has 1 aromatic carbocycles. The lowest BCUT2D eigenvalue weighted by molar-refractivity contribution is 0.569. The minimum atomic E-state index is 0.0227. The van der Waals surface area contributed by atoms with Crippen LogP contribution >= 0.6 is 11.3 Å². The fraction of sp³-hybridized carbons (Fsp3) is 0.471. The molecule has 2 N–H and O–H groups in total. The van der Waals surface area contributed by atoms with Gasteiger partial charge in [0.25, 0.3) is 0 Å². The molecule has 108 valence electrons. The second kappa shape index (κ2) is 5.66. The Bertz CT molecular complexity index is 593. The summed E-state index contributed by atoms with van der Waals surface area (Å²) in [5.41, 5.74) is 11.4. The van der Waals surface area contributed by atoms with Gasteiger partial charge in [-0.05, 0) is 25.0 Å². The number of hydrogen-bond acceptors (Lipinski definition) is 3. The quantitative estimate of drug-likeness (QED) is 0.914. The number of aryl methyl sites for hydroxylation is 2. The summed E-state index contributed by atoms with van der Waals surface area (Å²) in [5, 5.41) is 3.28. The second-order valence-electron chi connectivity index (χ2n) is 6.55. The minimum absolute atomic E-state index is 0.0227. The highest BCUT2D eigenvalue weighted by Crippen LogP contribution is 2.27. The maximum atomic E-state index is 6.36.